The second-order valence-corrected chi connectivity index (χ2v) is 5.50. The lowest BCUT2D eigenvalue weighted by molar-refractivity contribution is 0.0258. The van der Waals surface area contributed by atoms with E-state index in [0.29, 0.717) is 0 Å². The van der Waals surface area contributed by atoms with Gasteiger partial charge in [-0.1, -0.05) is 6.92 Å². The molecular weight excluding hydrogens is 200 g/mol. The SMILES string of the molecule is CCC1CN(C2CCC(O)CC2)CCN1C. The topological polar surface area (TPSA) is 26.7 Å². The molecule has 2 aliphatic rings. The van der Waals surface area contributed by atoms with Crippen LogP contribution in [0.15, 0.2) is 0 Å². The van der Waals surface area contributed by atoms with Crippen molar-refractivity contribution < 1.29 is 5.11 Å². The Morgan fingerprint density at radius 3 is 2.44 bits per heavy atom. The van der Waals surface area contributed by atoms with Gasteiger partial charge in [0.05, 0.1) is 6.10 Å². The van der Waals surface area contributed by atoms with E-state index in [2.05, 4.69) is 23.8 Å². The number of nitrogens with zero attached hydrogens (tertiary/aromatic N) is 2. The summed E-state index contributed by atoms with van der Waals surface area (Å²) >= 11 is 0. The molecule has 0 spiro atoms. The number of rotatable bonds is 2. The Morgan fingerprint density at radius 1 is 1.12 bits per heavy atom. The van der Waals surface area contributed by atoms with Gasteiger partial charge in [-0.15, -0.1) is 0 Å². The average molecular weight is 226 g/mol. The fourth-order valence-electron chi connectivity index (χ4n) is 3.17. The van der Waals surface area contributed by atoms with E-state index in [4.69, 9.17) is 0 Å². The number of likely N-dealkylation sites (N-methyl/N-ethyl adjacent to an activating group) is 1. The maximum Gasteiger partial charge on any atom is 0.0541 e. The van der Waals surface area contributed by atoms with Gasteiger partial charge in [-0.3, -0.25) is 4.90 Å². The van der Waals surface area contributed by atoms with Gasteiger partial charge in [0.1, 0.15) is 0 Å². The minimum absolute atomic E-state index is 0.0225. The Bertz CT molecular complexity index is 214. The first-order chi connectivity index (χ1) is 7.70. The van der Waals surface area contributed by atoms with Crippen LogP contribution in [-0.4, -0.2) is 59.8 Å². The molecule has 2 rings (SSSR count). The second kappa shape index (κ2) is 5.48. The van der Waals surface area contributed by atoms with Crippen LogP contribution in [-0.2, 0) is 0 Å². The van der Waals surface area contributed by atoms with Crippen molar-refractivity contribution in [3.05, 3.63) is 0 Å². The molecule has 94 valence electrons. The van der Waals surface area contributed by atoms with Crippen LogP contribution in [0.4, 0.5) is 0 Å². The number of aliphatic hydroxyl groups excluding tert-OH is 1. The normalized spacial score (nSPS) is 38.8. The predicted molar refractivity (Wildman–Crippen MR) is 66.5 cm³/mol. The molecule has 3 nitrogen and oxygen atoms in total. The van der Waals surface area contributed by atoms with Gasteiger partial charge in [-0.05, 0) is 39.2 Å². The number of piperazine rings is 1. The molecule has 0 aromatic heterocycles. The first-order valence-electron chi connectivity index (χ1n) is 6.83. The first kappa shape index (κ1) is 12.3. The fraction of sp³-hybridized carbons (Fsp3) is 1.00. The van der Waals surface area contributed by atoms with Crippen molar-refractivity contribution in [2.75, 3.05) is 26.7 Å². The summed E-state index contributed by atoms with van der Waals surface area (Å²) in [5.74, 6) is 0. The zero-order chi connectivity index (χ0) is 11.5. The molecule has 1 heterocycles. The van der Waals surface area contributed by atoms with Gasteiger partial charge >= 0.3 is 0 Å². The van der Waals surface area contributed by atoms with Gasteiger partial charge in [-0.25, -0.2) is 0 Å². The van der Waals surface area contributed by atoms with Crippen LogP contribution >= 0.6 is 0 Å². The molecule has 1 atom stereocenters. The van der Waals surface area contributed by atoms with Crippen molar-refractivity contribution in [1.82, 2.24) is 9.80 Å². The maximum atomic E-state index is 9.54. The zero-order valence-corrected chi connectivity index (χ0v) is 10.7. The summed E-state index contributed by atoms with van der Waals surface area (Å²) in [4.78, 5) is 5.16. The van der Waals surface area contributed by atoms with Crippen LogP contribution < -0.4 is 0 Å². The molecule has 0 radical (unpaired) electrons. The predicted octanol–water partition coefficient (Wildman–Crippen LogP) is 1.32. The molecule has 1 N–H and O–H groups in total. The van der Waals surface area contributed by atoms with E-state index in [9.17, 15) is 5.11 Å². The van der Waals surface area contributed by atoms with Crippen LogP contribution in [0, 0.1) is 0 Å². The van der Waals surface area contributed by atoms with E-state index in [1.165, 1.54) is 38.9 Å². The van der Waals surface area contributed by atoms with E-state index < -0.39 is 0 Å². The van der Waals surface area contributed by atoms with E-state index in [0.717, 1.165) is 24.9 Å². The van der Waals surface area contributed by atoms with E-state index in [1.54, 1.807) is 0 Å². The minimum atomic E-state index is -0.0225. The standard InChI is InChI=1S/C13H26N2O/c1-3-11-10-15(9-8-14(11)2)12-4-6-13(16)7-5-12/h11-13,16H,3-10H2,1-2H3. The first-order valence-corrected chi connectivity index (χ1v) is 6.83. The van der Waals surface area contributed by atoms with Gasteiger partial charge in [0, 0.05) is 31.7 Å². The summed E-state index contributed by atoms with van der Waals surface area (Å²) in [6, 6.07) is 1.48. The van der Waals surface area contributed by atoms with Crippen LogP contribution in [0.5, 0.6) is 0 Å². The molecule has 0 aromatic rings. The van der Waals surface area contributed by atoms with Crippen molar-refractivity contribution in [3.8, 4) is 0 Å². The lowest BCUT2D eigenvalue weighted by atomic mass is 9.91. The quantitative estimate of drug-likeness (QED) is 0.769. The van der Waals surface area contributed by atoms with Gasteiger partial charge in [-0.2, -0.15) is 0 Å². The molecule has 0 amide bonds. The molecule has 1 saturated carbocycles. The van der Waals surface area contributed by atoms with Crippen molar-refractivity contribution >= 4 is 0 Å². The molecule has 3 heteroatoms. The number of hydrogen-bond acceptors (Lipinski definition) is 3. The van der Waals surface area contributed by atoms with Gasteiger partial charge in [0.15, 0.2) is 0 Å². The lowest BCUT2D eigenvalue weighted by Gasteiger charge is -2.44. The van der Waals surface area contributed by atoms with Crippen molar-refractivity contribution in [3.63, 3.8) is 0 Å². The van der Waals surface area contributed by atoms with E-state index in [1.807, 2.05) is 0 Å². The molecule has 2 fully saturated rings. The summed E-state index contributed by atoms with van der Waals surface area (Å²) in [5.41, 5.74) is 0. The molecule has 1 aliphatic heterocycles. The Morgan fingerprint density at radius 2 is 1.81 bits per heavy atom. The number of hydrogen-bond donors (Lipinski definition) is 1. The van der Waals surface area contributed by atoms with Gasteiger partial charge in [0.2, 0.25) is 0 Å². The Balaban J connectivity index is 1.85. The largest absolute Gasteiger partial charge is 0.393 e. The Kier molecular flexibility index (Phi) is 4.22. The van der Waals surface area contributed by atoms with Crippen molar-refractivity contribution in [2.45, 2.75) is 57.2 Å². The second-order valence-electron chi connectivity index (χ2n) is 5.50. The Labute approximate surface area is 99.4 Å². The van der Waals surface area contributed by atoms with Crippen LogP contribution in [0.25, 0.3) is 0 Å². The highest BCUT2D eigenvalue weighted by atomic mass is 16.3. The Hall–Kier alpha value is -0.120. The third-order valence-corrected chi connectivity index (χ3v) is 4.46. The lowest BCUT2D eigenvalue weighted by Crippen LogP contribution is -2.54. The van der Waals surface area contributed by atoms with E-state index in [-0.39, 0.29) is 6.10 Å². The highest BCUT2D eigenvalue weighted by Gasteiger charge is 2.30. The molecule has 1 unspecified atom stereocenters. The van der Waals surface area contributed by atoms with Gasteiger partial charge in [0.25, 0.3) is 0 Å². The maximum absolute atomic E-state index is 9.54. The van der Waals surface area contributed by atoms with Crippen LogP contribution in [0.3, 0.4) is 0 Å². The third-order valence-electron chi connectivity index (χ3n) is 4.46. The van der Waals surface area contributed by atoms with Gasteiger partial charge < -0.3 is 10.0 Å². The summed E-state index contributed by atoms with van der Waals surface area (Å²) < 4.78 is 0. The molecular formula is C13H26N2O. The molecule has 1 aliphatic carbocycles. The zero-order valence-electron chi connectivity index (χ0n) is 10.7. The molecule has 16 heavy (non-hydrogen) atoms. The van der Waals surface area contributed by atoms with Crippen molar-refractivity contribution in [2.24, 2.45) is 0 Å². The minimum Gasteiger partial charge on any atom is -0.393 e. The number of aliphatic hydroxyl groups is 1. The summed E-state index contributed by atoms with van der Waals surface area (Å²) in [5, 5.41) is 9.54. The molecule has 0 aromatic carbocycles. The average Bonchev–Trinajstić information content (AvgIpc) is 2.31. The highest BCUT2D eigenvalue weighted by molar-refractivity contribution is 4.86. The van der Waals surface area contributed by atoms with Crippen LogP contribution in [0.1, 0.15) is 39.0 Å². The van der Waals surface area contributed by atoms with Crippen molar-refractivity contribution in [1.29, 1.82) is 0 Å². The molecule has 0 bridgehead atoms. The summed E-state index contributed by atoms with van der Waals surface area (Å²) in [7, 11) is 2.25. The summed E-state index contributed by atoms with van der Waals surface area (Å²) in [6.07, 6.45) is 5.64. The fourth-order valence-corrected chi connectivity index (χ4v) is 3.17. The molecule has 1 saturated heterocycles. The van der Waals surface area contributed by atoms with E-state index >= 15 is 0 Å². The third kappa shape index (κ3) is 2.76. The monoisotopic (exact) mass is 226 g/mol. The van der Waals surface area contributed by atoms with Crippen LogP contribution in [0.2, 0.25) is 0 Å². The highest BCUT2D eigenvalue weighted by Crippen LogP contribution is 2.25. The summed E-state index contributed by atoms with van der Waals surface area (Å²) in [6.45, 7) is 5.94. The smallest absolute Gasteiger partial charge is 0.0541 e.